The number of Topliss-reactive ketones (excluding diaryl/α,β-unsaturated/α-hetero) is 1. The maximum atomic E-state index is 12.2. The van der Waals surface area contributed by atoms with Crippen LogP contribution in [0.25, 0.3) is 0 Å². The Balaban J connectivity index is 2.27. The number of carbonyl (C=O) groups excluding carboxylic acids is 1. The lowest BCUT2D eigenvalue weighted by Crippen LogP contribution is -2.35. The maximum Gasteiger partial charge on any atom is 0.195 e. The summed E-state index contributed by atoms with van der Waals surface area (Å²) in [7, 11) is 1.48. The molecule has 1 aliphatic heterocycles. The van der Waals surface area contributed by atoms with Crippen molar-refractivity contribution < 1.29 is 19.0 Å². The first kappa shape index (κ1) is 13.6. The van der Waals surface area contributed by atoms with Crippen molar-refractivity contribution in [2.75, 3.05) is 26.9 Å². The van der Waals surface area contributed by atoms with Crippen LogP contribution in [0.15, 0.2) is 12.1 Å². The van der Waals surface area contributed by atoms with Gasteiger partial charge in [-0.3, -0.25) is 4.79 Å². The summed E-state index contributed by atoms with van der Waals surface area (Å²) in [6, 6.07) is 3.00. The summed E-state index contributed by atoms with van der Waals surface area (Å²) in [5.41, 5.74) is 0.318. The van der Waals surface area contributed by atoms with Crippen LogP contribution in [0.3, 0.4) is 0 Å². The first-order valence-corrected chi connectivity index (χ1v) is 6.15. The van der Waals surface area contributed by atoms with Gasteiger partial charge in [-0.15, -0.1) is 0 Å². The molecule has 0 saturated carbocycles. The molecule has 0 amide bonds. The molecule has 1 aliphatic rings. The van der Waals surface area contributed by atoms with Gasteiger partial charge in [0.25, 0.3) is 0 Å². The molecule has 1 heterocycles. The van der Waals surface area contributed by atoms with E-state index in [0.29, 0.717) is 29.5 Å². The minimum atomic E-state index is -0.624. The molecule has 0 aliphatic carbocycles. The minimum Gasteiger partial charge on any atom is -0.495 e. The van der Waals surface area contributed by atoms with Gasteiger partial charge in [0, 0.05) is 11.6 Å². The second-order valence-corrected chi connectivity index (χ2v) is 4.58. The molecule has 98 valence electrons. The van der Waals surface area contributed by atoms with Gasteiger partial charge in [0.15, 0.2) is 5.78 Å². The second-order valence-electron chi connectivity index (χ2n) is 3.77. The third kappa shape index (κ3) is 2.78. The van der Waals surface area contributed by atoms with Gasteiger partial charge >= 0.3 is 0 Å². The number of halogens is 2. The Kier molecular flexibility index (Phi) is 4.45. The Hall–Kier alpha value is -0.810. The molecule has 0 N–H and O–H groups in total. The molecule has 1 atom stereocenters. The summed E-state index contributed by atoms with van der Waals surface area (Å²) in [6.07, 6.45) is -0.624. The molecule has 1 aromatic rings. The lowest BCUT2D eigenvalue weighted by molar-refractivity contribution is -0.0719. The number of carbonyl (C=O) groups is 1. The van der Waals surface area contributed by atoms with Crippen molar-refractivity contribution in [3.63, 3.8) is 0 Å². The van der Waals surface area contributed by atoms with Crippen molar-refractivity contribution in [1.82, 2.24) is 0 Å². The van der Waals surface area contributed by atoms with Crippen LogP contribution in [0.4, 0.5) is 0 Å². The van der Waals surface area contributed by atoms with Gasteiger partial charge in [-0.25, -0.2) is 0 Å². The molecule has 0 bridgehead atoms. The molecule has 1 unspecified atom stereocenters. The largest absolute Gasteiger partial charge is 0.495 e. The van der Waals surface area contributed by atoms with Crippen LogP contribution >= 0.6 is 23.2 Å². The van der Waals surface area contributed by atoms with Crippen molar-refractivity contribution in [2.24, 2.45) is 0 Å². The molecule has 2 rings (SSSR count). The number of hydrogen-bond donors (Lipinski definition) is 0. The minimum absolute atomic E-state index is 0.232. The fourth-order valence-corrected chi connectivity index (χ4v) is 2.17. The Morgan fingerprint density at radius 3 is 2.72 bits per heavy atom. The van der Waals surface area contributed by atoms with Crippen LogP contribution in [0.5, 0.6) is 5.75 Å². The van der Waals surface area contributed by atoms with Gasteiger partial charge in [-0.2, -0.15) is 0 Å². The molecule has 0 radical (unpaired) electrons. The lowest BCUT2D eigenvalue weighted by Gasteiger charge is -2.22. The second kappa shape index (κ2) is 5.89. The third-order valence-electron chi connectivity index (χ3n) is 2.62. The van der Waals surface area contributed by atoms with E-state index in [2.05, 4.69) is 0 Å². The van der Waals surface area contributed by atoms with E-state index in [1.165, 1.54) is 19.2 Å². The van der Waals surface area contributed by atoms with E-state index >= 15 is 0 Å². The van der Waals surface area contributed by atoms with Crippen molar-refractivity contribution in [1.29, 1.82) is 0 Å². The number of ketones is 1. The zero-order chi connectivity index (χ0) is 13.1. The van der Waals surface area contributed by atoms with Crippen LogP contribution in [0, 0.1) is 0 Å². The average Bonchev–Trinajstić information content (AvgIpc) is 2.41. The molecule has 1 aromatic carbocycles. The van der Waals surface area contributed by atoms with Gasteiger partial charge < -0.3 is 14.2 Å². The Labute approximate surface area is 115 Å². The topological polar surface area (TPSA) is 44.8 Å². The number of methoxy groups -OCH3 is 1. The third-order valence-corrected chi connectivity index (χ3v) is 3.22. The summed E-state index contributed by atoms with van der Waals surface area (Å²) in [5.74, 6) is 0.197. The maximum absolute atomic E-state index is 12.2. The summed E-state index contributed by atoms with van der Waals surface area (Å²) < 4.78 is 15.6. The van der Waals surface area contributed by atoms with Crippen molar-refractivity contribution >= 4 is 29.0 Å². The molecule has 0 aromatic heterocycles. The van der Waals surface area contributed by atoms with E-state index < -0.39 is 6.10 Å². The SMILES string of the molecule is COc1cc(Cl)c(C(=O)C2COCCO2)cc1Cl. The zero-order valence-corrected chi connectivity index (χ0v) is 11.3. The Morgan fingerprint density at radius 1 is 1.33 bits per heavy atom. The van der Waals surface area contributed by atoms with Crippen molar-refractivity contribution in [3.8, 4) is 5.75 Å². The van der Waals surface area contributed by atoms with Crippen LogP contribution in [-0.2, 0) is 9.47 Å². The highest BCUT2D eigenvalue weighted by molar-refractivity contribution is 6.37. The molecular formula is C12H12Cl2O4. The molecule has 1 fully saturated rings. The molecule has 4 nitrogen and oxygen atoms in total. The van der Waals surface area contributed by atoms with Crippen LogP contribution in [0.2, 0.25) is 10.0 Å². The predicted octanol–water partition coefficient (Wildman–Crippen LogP) is 2.60. The van der Waals surface area contributed by atoms with Gasteiger partial charge in [-0.05, 0) is 6.07 Å². The predicted molar refractivity (Wildman–Crippen MR) is 67.9 cm³/mol. The highest BCUT2D eigenvalue weighted by Crippen LogP contribution is 2.31. The number of hydrogen-bond acceptors (Lipinski definition) is 4. The first-order valence-electron chi connectivity index (χ1n) is 5.40. The quantitative estimate of drug-likeness (QED) is 0.803. The zero-order valence-electron chi connectivity index (χ0n) is 9.74. The van der Waals surface area contributed by atoms with Gasteiger partial charge in [0.2, 0.25) is 0 Å². The summed E-state index contributed by atoms with van der Waals surface area (Å²) in [6.45, 7) is 1.14. The van der Waals surface area contributed by atoms with Crippen molar-refractivity contribution in [3.05, 3.63) is 27.7 Å². The summed E-state index contributed by atoms with van der Waals surface area (Å²) in [4.78, 5) is 12.2. The van der Waals surface area contributed by atoms with E-state index in [4.69, 9.17) is 37.4 Å². The summed E-state index contributed by atoms with van der Waals surface area (Å²) in [5, 5.41) is 0.623. The van der Waals surface area contributed by atoms with Gasteiger partial charge in [0.05, 0.1) is 37.0 Å². The monoisotopic (exact) mass is 290 g/mol. The van der Waals surface area contributed by atoms with E-state index in [9.17, 15) is 4.79 Å². The van der Waals surface area contributed by atoms with E-state index in [-0.39, 0.29) is 17.4 Å². The highest BCUT2D eigenvalue weighted by atomic mass is 35.5. The average molecular weight is 291 g/mol. The van der Waals surface area contributed by atoms with Gasteiger partial charge in [-0.1, -0.05) is 23.2 Å². The number of ether oxygens (including phenoxy) is 3. The molecule has 18 heavy (non-hydrogen) atoms. The Morgan fingerprint density at radius 2 is 2.11 bits per heavy atom. The van der Waals surface area contributed by atoms with E-state index in [1.54, 1.807) is 0 Å². The highest BCUT2D eigenvalue weighted by Gasteiger charge is 2.26. The fraction of sp³-hybridized carbons (Fsp3) is 0.417. The summed E-state index contributed by atoms with van der Waals surface area (Å²) >= 11 is 12.0. The first-order chi connectivity index (χ1) is 8.63. The standard InChI is InChI=1S/C12H12Cl2O4/c1-16-10-5-8(13)7(4-9(10)14)12(15)11-6-17-2-3-18-11/h4-5,11H,2-3,6H2,1H3. The van der Waals surface area contributed by atoms with E-state index in [1.807, 2.05) is 0 Å². The van der Waals surface area contributed by atoms with E-state index in [0.717, 1.165) is 0 Å². The smallest absolute Gasteiger partial charge is 0.195 e. The van der Waals surface area contributed by atoms with Gasteiger partial charge in [0.1, 0.15) is 11.9 Å². The Bertz CT molecular complexity index is 456. The fourth-order valence-electron chi connectivity index (χ4n) is 1.69. The van der Waals surface area contributed by atoms with Crippen LogP contribution in [0.1, 0.15) is 10.4 Å². The molecule has 6 heteroatoms. The van der Waals surface area contributed by atoms with Crippen LogP contribution in [-0.4, -0.2) is 38.8 Å². The number of rotatable bonds is 3. The molecule has 1 saturated heterocycles. The van der Waals surface area contributed by atoms with Crippen molar-refractivity contribution in [2.45, 2.75) is 6.10 Å². The number of benzene rings is 1. The lowest BCUT2D eigenvalue weighted by atomic mass is 10.1. The normalized spacial score (nSPS) is 19.6. The molecule has 0 spiro atoms. The van der Waals surface area contributed by atoms with Crippen LogP contribution < -0.4 is 4.74 Å². The molecular weight excluding hydrogens is 279 g/mol.